The standard InChI is InChI=1S/C16H17Cl2N5O4/c17-11-4-1-3-10(15(11)18)8-21-12-7-14(22-9-13(12)23(25)26)20-5-2-6-27-16(19)24/h1,3-4,7,9H,2,5-6,8H2,(H2,19,24)(H2,20,21,22). The number of amides is 1. The number of nitrogens with one attached hydrogen (secondary N) is 2. The Morgan fingerprint density at radius 1 is 1.33 bits per heavy atom. The number of ether oxygens (including phenoxy) is 1. The minimum absolute atomic E-state index is 0.160. The van der Waals surface area contributed by atoms with Crippen molar-refractivity contribution >= 4 is 46.5 Å². The maximum Gasteiger partial charge on any atom is 0.404 e. The van der Waals surface area contributed by atoms with Gasteiger partial charge in [-0.3, -0.25) is 10.1 Å². The van der Waals surface area contributed by atoms with Crippen molar-refractivity contribution in [3.05, 3.63) is 56.2 Å². The topological polar surface area (TPSA) is 132 Å². The largest absolute Gasteiger partial charge is 0.450 e. The predicted octanol–water partition coefficient (Wildman–Crippen LogP) is 3.81. The number of nitro groups is 1. The number of hydrogen-bond acceptors (Lipinski definition) is 7. The van der Waals surface area contributed by atoms with Crippen LogP contribution in [0.3, 0.4) is 0 Å². The van der Waals surface area contributed by atoms with Gasteiger partial charge in [-0.05, 0) is 18.1 Å². The van der Waals surface area contributed by atoms with Crippen LogP contribution in [0.5, 0.6) is 0 Å². The molecule has 27 heavy (non-hydrogen) atoms. The highest BCUT2D eigenvalue weighted by Crippen LogP contribution is 2.29. The van der Waals surface area contributed by atoms with Gasteiger partial charge in [-0.15, -0.1) is 0 Å². The van der Waals surface area contributed by atoms with Crippen LogP contribution in [0.1, 0.15) is 12.0 Å². The Morgan fingerprint density at radius 2 is 2.11 bits per heavy atom. The molecular weight excluding hydrogens is 397 g/mol. The van der Waals surface area contributed by atoms with E-state index in [0.717, 1.165) is 6.20 Å². The zero-order chi connectivity index (χ0) is 19.8. The molecule has 1 aromatic heterocycles. The molecule has 0 aliphatic heterocycles. The van der Waals surface area contributed by atoms with Crippen molar-refractivity contribution in [1.29, 1.82) is 0 Å². The summed E-state index contributed by atoms with van der Waals surface area (Å²) in [4.78, 5) is 25.2. The summed E-state index contributed by atoms with van der Waals surface area (Å²) < 4.78 is 4.62. The Balaban J connectivity index is 2.05. The summed E-state index contributed by atoms with van der Waals surface area (Å²) in [5.41, 5.74) is 5.68. The van der Waals surface area contributed by atoms with Gasteiger partial charge in [0, 0.05) is 19.2 Å². The van der Waals surface area contributed by atoms with Crippen molar-refractivity contribution in [2.75, 3.05) is 23.8 Å². The molecule has 1 amide bonds. The van der Waals surface area contributed by atoms with Crippen molar-refractivity contribution in [1.82, 2.24) is 4.98 Å². The number of primary amides is 1. The van der Waals surface area contributed by atoms with Gasteiger partial charge in [0.1, 0.15) is 17.7 Å². The molecule has 0 atom stereocenters. The molecule has 2 rings (SSSR count). The first kappa shape index (κ1) is 20.5. The van der Waals surface area contributed by atoms with Crippen LogP contribution in [0, 0.1) is 10.1 Å². The summed E-state index contributed by atoms with van der Waals surface area (Å²) in [5, 5.41) is 18.0. The lowest BCUT2D eigenvalue weighted by Gasteiger charge is -2.11. The van der Waals surface area contributed by atoms with Gasteiger partial charge in [0.05, 0.1) is 21.6 Å². The van der Waals surface area contributed by atoms with E-state index in [1.165, 1.54) is 6.07 Å². The molecule has 0 radical (unpaired) electrons. The molecule has 0 unspecified atom stereocenters. The third-order valence-corrected chi connectivity index (χ3v) is 4.31. The third kappa shape index (κ3) is 6.15. The van der Waals surface area contributed by atoms with Gasteiger partial charge >= 0.3 is 11.8 Å². The van der Waals surface area contributed by atoms with Gasteiger partial charge in [-0.25, -0.2) is 9.78 Å². The number of carbonyl (C=O) groups is 1. The van der Waals surface area contributed by atoms with Crippen LogP contribution in [-0.2, 0) is 11.3 Å². The smallest absolute Gasteiger partial charge is 0.404 e. The van der Waals surface area contributed by atoms with E-state index in [1.807, 2.05) is 0 Å². The summed E-state index contributed by atoms with van der Waals surface area (Å²) in [5.74, 6) is 0.430. The number of carbonyl (C=O) groups excluding carboxylic acids is 1. The molecule has 0 saturated carbocycles. The Morgan fingerprint density at radius 3 is 2.81 bits per heavy atom. The molecule has 0 aliphatic rings. The fraction of sp³-hybridized carbons (Fsp3) is 0.250. The maximum atomic E-state index is 11.2. The Labute approximate surface area is 165 Å². The molecule has 9 nitrogen and oxygen atoms in total. The van der Waals surface area contributed by atoms with Crippen LogP contribution in [0.2, 0.25) is 10.0 Å². The van der Waals surface area contributed by atoms with E-state index in [2.05, 4.69) is 20.4 Å². The molecule has 144 valence electrons. The maximum absolute atomic E-state index is 11.2. The first-order chi connectivity index (χ1) is 12.9. The van der Waals surface area contributed by atoms with Crippen LogP contribution < -0.4 is 16.4 Å². The second kappa shape index (κ2) is 9.79. The summed E-state index contributed by atoms with van der Waals surface area (Å²) in [6, 6.07) is 6.69. The Kier molecular flexibility index (Phi) is 7.44. The van der Waals surface area contributed by atoms with Gasteiger partial charge in [0.25, 0.3) is 0 Å². The first-order valence-electron chi connectivity index (χ1n) is 7.85. The minimum Gasteiger partial charge on any atom is -0.450 e. The molecule has 0 bridgehead atoms. The molecule has 1 aromatic carbocycles. The van der Waals surface area contributed by atoms with Crippen LogP contribution in [0.15, 0.2) is 30.5 Å². The van der Waals surface area contributed by atoms with Crippen LogP contribution >= 0.6 is 23.2 Å². The Bertz CT molecular complexity index is 834. The van der Waals surface area contributed by atoms with Gasteiger partial charge < -0.3 is 21.1 Å². The lowest BCUT2D eigenvalue weighted by Crippen LogP contribution is -2.15. The molecule has 1 heterocycles. The summed E-state index contributed by atoms with van der Waals surface area (Å²) >= 11 is 12.1. The predicted molar refractivity (Wildman–Crippen MR) is 103 cm³/mol. The van der Waals surface area contributed by atoms with Crippen molar-refractivity contribution in [2.24, 2.45) is 5.73 Å². The van der Waals surface area contributed by atoms with Gasteiger partial charge in [-0.1, -0.05) is 35.3 Å². The normalized spacial score (nSPS) is 10.3. The van der Waals surface area contributed by atoms with E-state index < -0.39 is 11.0 Å². The van der Waals surface area contributed by atoms with E-state index in [-0.39, 0.29) is 24.5 Å². The molecule has 0 saturated heterocycles. The third-order valence-electron chi connectivity index (χ3n) is 3.45. The zero-order valence-electron chi connectivity index (χ0n) is 14.1. The summed E-state index contributed by atoms with van der Waals surface area (Å²) in [6.07, 6.45) is 0.821. The highest BCUT2D eigenvalue weighted by Gasteiger charge is 2.16. The molecule has 0 spiro atoms. The van der Waals surface area contributed by atoms with Crippen molar-refractivity contribution in [3.8, 4) is 0 Å². The quantitative estimate of drug-likeness (QED) is 0.323. The first-order valence-corrected chi connectivity index (χ1v) is 8.61. The van der Waals surface area contributed by atoms with Crippen molar-refractivity contribution in [3.63, 3.8) is 0 Å². The minimum atomic E-state index is -0.838. The number of nitrogens with two attached hydrogens (primary N) is 1. The van der Waals surface area contributed by atoms with E-state index in [0.29, 0.717) is 34.4 Å². The number of anilines is 2. The van der Waals surface area contributed by atoms with Crippen LogP contribution in [0.25, 0.3) is 0 Å². The highest BCUT2D eigenvalue weighted by molar-refractivity contribution is 6.42. The van der Waals surface area contributed by atoms with Crippen molar-refractivity contribution in [2.45, 2.75) is 13.0 Å². The fourth-order valence-corrected chi connectivity index (χ4v) is 2.56. The van der Waals surface area contributed by atoms with Gasteiger partial charge in [0.15, 0.2) is 0 Å². The van der Waals surface area contributed by atoms with Gasteiger partial charge in [0.2, 0.25) is 0 Å². The lowest BCUT2D eigenvalue weighted by molar-refractivity contribution is -0.384. The van der Waals surface area contributed by atoms with E-state index >= 15 is 0 Å². The van der Waals surface area contributed by atoms with Crippen LogP contribution in [0.4, 0.5) is 22.0 Å². The van der Waals surface area contributed by atoms with E-state index in [9.17, 15) is 14.9 Å². The van der Waals surface area contributed by atoms with Crippen LogP contribution in [-0.4, -0.2) is 29.2 Å². The summed E-state index contributed by atoms with van der Waals surface area (Å²) in [6.45, 7) is 0.849. The fourth-order valence-electron chi connectivity index (χ4n) is 2.17. The molecule has 4 N–H and O–H groups in total. The number of aromatic nitrogens is 1. The number of hydrogen-bond donors (Lipinski definition) is 3. The second-order valence-electron chi connectivity index (χ2n) is 5.36. The molecular formula is C16H17Cl2N5O4. The molecule has 0 fully saturated rings. The highest BCUT2D eigenvalue weighted by atomic mass is 35.5. The lowest BCUT2D eigenvalue weighted by atomic mass is 10.2. The van der Waals surface area contributed by atoms with Crippen molar-refractivity contribution < 1.29 is 14.5 Å². The van der Waals surface area contributed by atoms with Gasteiger partial charge in [-0.2, -0.15) is 0 Å². The summed E-state index contributed by atoms with van der Waals surface area (Å²) in [7, 11) is 0. The average molecular weight is 414 g/mol. The van der Waals surface area contributed by atoms with E-state index in [1.54, 1.807) is 18.2 Å². The number of halogens is 2. The number of rotatable bonds is 9. The zero-order valence-corrected chi connectivity index (χ0v) is 15.6. The van der Waals surface area contributed by atoms with E-state index in [4.69, 9.17) is 28.9 Å². The number of pyridine rings is 1. The molecule has 0 aliphatic carbocycles. The Hall–Kier alpha value is -2.78. The number of benzene rings is 1. The average Bonchev–Trinajstić information content (AvgIpc) is 2.62. The second-order valence-corrected chi connectivity index (χ2v) is 6.14. The molecule has 2 aromatic rings. The molecule has 11 heteroatoms. The monoisotopic (exact) mass is 413 g/mol. The number of nitrogens with zero attached hydrogens (tertiary/aromatic N) is 2. The SMILES string of the molecule is NC(=O)OCCCNc1cc(NCc2cccc(Cl)c2Cl)c([N+](=O)[O-])cn1.